The van der Waals surface area contributed by atoms with Crippen LogP contribution in [0.2, 0.25) is 36.3 Å². The van der Waals surface area contributed by atoms with Gasteiger partial charge in [0, 0.05) is 12.0 Å². The molecular formula is C30H57NO2SSi2. The summed E-state index contributed by atoms with van der Waals surface area (Å²) in [6.07, 6.45) is 9.22. The van der Waals surface area contributed by atoms with Gasteiger partial charge in [-0.2, -0.15) is 0 Å². The summed E-state index contributed by atoms with van der Waals surface area (Å²) < 4.78 is 13.4. The normalized spacial score (nSPS) is 16.4. The van der Waals surface area contributed by atoms with Gasteiger partial charge in [0.2, 0.25) is 0 Å². The molecule has 0 fully saturated rings. The molecule has 0 spiro atoms. The number of rotatable bonds is 13. The third kappa shape index (κ3) is 11.1. The first-order valence-electron chi connectivity index (χ1n) is 13.8. The van der Waals surface area contributed by atoms with Crippen molar-refractivity contribution in [2.45, 2.75) is 137 Å². The number of allylic oxidation sites excluding steroid dienone is 1. The lowest BCUT2D eigenvalue weighted by Crippen LogP contribution is -2.44. The molecule has 0 amide bonds. The highest BCUT2D eigenvalue weighted by molar-refractivity contribution is 7.09. The van der Waals surface area contributed by atoms with Crippen LogP contribution in [0, 0.1) is 12.8 Å². The van der Waals surface area contributed by atoms with Gasteiger partial charge in [-0.05, 0) is 100 Å². The summed E-state index contributed by atoms with van der Waals surface area (Å²) >= 11 is 1.70. The second-order valence-electron chi connectivity index (χ2n) is 13.9. The second kappa shape index (κ2) is 13.5. The first-order valence-corrected chi connectivity index (χ1v) is 20.5. The van der Waals surface area contributed by atoms with E-state index in [0.717, 1.165) is 30.2 Å². The average molecular weight is 552 g/mol. The molecule has 0 aromatic carbocycles. The highest BCUT2D eigenvalue weighted by Crippen LogP contribution is 2.39. The Morgan fingerprint density at radius 1 is 1.03 bits per heavy atom. The Labute approximate surface area is 230 Å². The summed E-state index contributed by atoms with van der Waals surface area (Å²) in [5, 5.41) is 3.71. The number of nitrogens with zero attached hydrogens (tertiary/aromatic N) is 1. The highest BCUT2D eigenvalue weighted by atomic mass is 32.1. The fourth-order valence-electron chi connectivity index (χ4n) is 3.42. The Bertz CT molecular complexity index is 872. The molecule has 0 saturated carbocycles. The molecule has 0 bridgehead atoms. The topological polar surface area (TPSA) is 31.4 Å². The average Bonchev–Trinajstić information content (AvgIpc) is 3.12. The van der Waals surface area contributed by atoms with Crippen molar-refractivity contribution in [2.24, 2.45) is 5.92 Å². The lowest BCUT2D eigenvalue weighted by molar-refractivity contribution is 0.217. The summed E-state index contributed by atoms with van der Waals surface area (Å²) in [5.41, 5.74) is 3.78. The van der Waals surface area contributed by atoms with Gasteiger partial charge in [-0.25, -0.2) is 4.98 Å². The number of aromatic nitrogens is 1. The molecule has 2 atom stereocenters. The summed E-state index contributed by atoms with van der Waals surface area (Å²) in [4.78, 5) is 4.65. The zero-order valence-corrected chi connectivity index (χ0v) is 28.9. The van der Waals surface area contributed by atoms with Gasteiger partial charge in [0.05, 0.1) is 16.8 Å². The smallest absolute Gasteiger partial charge is 0.192 e. The largest absolute Gasteiger partial charge is 0.417 e. The maximum absolute atomic E-state index is 6.92. The van der Waals surface area contributed by atoms with Gasteiger partial charge in [-0.3, -0.25) is 0 Å². The van der Waals surface area contributed by atoms with Crippen molar-refractivity contribution in [3.63, 3.8) is 0 Å². The summed E-state index contributed by atoms with van der Waals surface area (Å²) in [7, 11) is -3.55. The number of hydrogen-bond donors (Lipinski definition) is 0. The standard InChI is InChI=1S/C30H57NO2SSi2/c1-23(16-15-17-24(2)21-32-35(11,12)29(5,6)7)18-19-28(33-36(13,14)30(8,9)10)25(3)20-27-22-34-26(4)31-27/h18,20,22,24,28H,15-17,19,21H2,1-14H3/b23-18-,25-20+/t24-,28-/m0/s1. The van der Waals surface area contributed by atoms with Crippen LogP contribution in [0.1, 0.15) is 98.7 Å². The minimum atomic E-state index is -1.89. The molecule has 6 heteroatoms. The van der Waals surface area contributed by atoms with E-state index in [1.54, 1.807) is 11.3 Å². The molecule has 1 aromatic heterocycles. The predicted octanol–water partition coefficient (Wildman–Crippen LogP) is 10.4. The van der Waals surface area contributed by atoms with Crippen molar-refractivity contribution in [1.82, 2.24) is 4.98 Å². The van der Waals surface area contributed by atoms with Crippen molar-refractivity contribution in [3.8, 4) is 0 Å². The molecule has 0 unspecified atom stereocenters. The summed E-state index contributed by atoms with van der Waals surface area (Å²) in [6, 6.07) is 0. The van der Waals surface area contributed by atoms with Crippen molar-refractivity contribution < 1.29 is 8.85 Å². The number of hydrogen-bond acceptors (Lipinski definition) is 4. The number of thiazole rings is 1. The molecule has 1 heterocycles. The van der Waals surface area contributed by atoms with E-state index < -0.39 is 16.6 Å². The molecule has 208 valence electrons. The molecule has 0 aliphatic rings. The van der Waals surface area contributed by atoms with E-state index in [4.69, 9.17) is 8.85 Å². The van der Waals surface area contributed by atoms with E-state index in [-0.39, 0.29) is 16.2 Å². The van der Waals surface area contributed by atoms with Gasteiger partial charge in [0.25, 0.3) is 0 Å². The Kier molecular flexibility index (Phi) is 12.6. The van der Waals surface area contributed by atoms with E-state index in [0.29, 0.717) is 5.92 Å². The molecule has 0 saturated heterocycles. The van der Waals surface area contributed by atoms with Crippen LogP contribution < -0.4 is 0 Å². The Balaban J connectivity index is 2.77. The van der Waals surface area contributed by atoms with E-state index in [9.17, 15) is 0 Å². The zero-order valence-electron chi connectivity index (χ0n) is 26.1. The first kappa shape index (κ1) is 33.5. The van der Waals surface area contributed by atoms with Crippen LogP contribution in [0.15, 0.2) is 22.6 Å². The van der Waals surface area contributed by atoms with Gasteiger partial charge in [0.1, 0.15) is 0 Å². The van der Waals surface area contributed by atoms with Crippen LogP contribution in [-0.2, 0) is 8.85 Å². The molecule has 0 aliphatic carbocycles. The van der Waals surface area contributed by atoms with Crippen LogP contribution in [0.3, 0.4) is 0 Å². The lowest BCUT2D eigenvalue weighted by Gasteiger charge is -2.39. The van der Waals surface area contributed by atoms with Crippen LogP contribution in [0.4, 0.5) is 0 Å². The van der Waals surface area contributed by atoms with E-state index >= 15 is 0 Å². The highest BCUT2D eigenvalue weighted by Gasteiger charge is 2.39. The molecule has 0 aliphatic heterocycles. The van der Waals surface area contributed by atoms with Crippen LogP contribution in [-0.4, -0.2) is 34.3 Å². The Morgan fingerprint density at radius 3 is 2.11 bits per heavy atom. The van der Waals surface area contributed by atoms with Crippen LogP contribution in [0.5, 0.6) is 0 Å². The summed E-state index contributed by atoms with van der Waals surface area (Å²) in [6.45, 7) is 33.1. The van der Waals surface area contributed by atoms with E-state index in [1.807, 2.05) is 0 Å². The fraction of sp³-hybridized carbons (Fsp3) is 0.767. The summed E-state index contributed by atoms with van der Waals surface area (Å²) in [5.74, 6) is 0.605. The van der Waals surface area contributed by atoms with E-state index in [1.165, 1.54) is 24.0 Å². The fourth-order valence-corrected chi connectivity index (χ4v) is 6.47. The van der Waals surface area contributed by atoms with Crippen molar-refractivity contribution in [1.29, 1.82) is 0 Å². The molecule has 1 aromatic rings. The van der Waals surface area contributed by atoms with Crippen LogP contribution in [0.25, 0.3) is 6.08 Å². The zero-order chi connectivity index (χ0) is 27.9. The third-order valence-corrected chi connectivity index (χ3v) is 18.0. The SMILES string of the molecule is C/C(=C/C[C@H](O[Si](C)(C)C(C)(C)C)/C(C)=C/c1csc(C)n1)CCC[C@H](C)CO[Si](C)(C)C(C)(C)C. The minimum absolute atomic E-state index is 0.0970. The van der Waals surface area contributed by atoms with Crippen molar-refractivity contribution >= 4 is 34.0 Å². The van der Waals surface area contributed by atoms with Crippen molar-refractivity contribution in [3.05, 3.63) is 33.3 Å². The maximum Gasteiger partial charge on any atom is 0.192 e. The third-order valence-electron chi connectivity index (χ3n) is 8.25. The second-order valence-corrected chi connectivity index (χ2v) is 24.5. The predicted molar refractivity (Wildman–Crippen MR) is 167 cm³/mol. The van der Waals surface area contributed by atoms with Crippen molar-refractivity contribution in [2.75, 3.05) is 6.61 Å². The number of aryl methyl sites for hydroxylation is 1. The quantitative estimate of drug-likeness (QED) is 0.180. The van der Waals surface area contributed by atoms with Gasteiger partial charge in [-0.15, -0.1) is 11.3 Å². The van der Waals surface area contributed by atoms with Gasteiger partial charge in [0.15, 0.2) is 16.6 Å². The molecule has 36 heavy (non-hydrogen) atoms. The maximum atomic E-state index is 6.92. The first-order chi connectivity index (χ1) is 16.2. The van der Waals surface area contributed by atoms with E-state index in [2.05, 4.69) is 118 Å². The molecule has 0 N–H and O–H groups in total. The molecule has 0 radical (unpaired) electrons. The van der Waals surface area contributed by atoms with Gasteiger partial charge < -0.3 is 8.85 Å². The Morgan fingerprint density at radius 2 is 1.61 bits per heavy atom. The molecule has 1 rings (SSSR count). The Hall–Kier alpha value is -0.536. The lowest BCUT2D eigenvalue weighted by atomic mass is 10.0. The monoisotopic (exact) mass is 551 g/mol. The van der Waals surface area contributed by atoms with Gasteiger partial charge in [-0.1, -0.05) is 60.1 Å². The van der Waals surface area contributed by atoms with Gasteiger partial charge >= 0.3 is 0 Å². The van der Waals surface area contributed by atoms with Crippen LogP contribution >= 0.6 is 11.3 Å². The minimum Gasteiger partial charge on any atom is -0.417 e. The molecular weight excluding hydrogens is 495 g/mol. The molecule has 3 nitrogen and oxygen atoms in total.